The van der Waals surface area contributed by atoms with Gasteiger partial charge in [0.2, 0.25) is 17.7 Å². The van der Waals surface area contributed by atoms with E-state index in [0.29, 0.717) is 6.54 Å². The highest BCUT2D eigenvalue weighted by Crippen LogP contribution is 2.42. The molecule has 25 heavy (non-hydrogen) atoms. The molecular weight excluding hydrogens is 316 g/mol. The van der Waals surface area contributed by atoms with Crippen LogP contribution in [-0.2, 0) is 19.8 Å². The van der Waals surface area contributed by atoms with E-state index in [0.717, 1.165) is 12.8 Å². The van der Waals surface area contributed by atoms with Crippen molar-refractivity contribution in [3.63, 3.8) is 0 Å². The second-order valence-electron chi connectivity index (χ2n) is 7.60. The van der Waals surface area contributed by atoms with Crippen molar-refractivity contribution in [2.24, 2.45) is 5.92 Å². The van der Waals surface area contributed by atoms with Crippen LogP contribution in [0.3, 0.4) is 0 Å². The van der Waals surface area contributed by atoms with E-state index in [9.17, 15) is 14.4 Å². The number of nitrogens with one attached hydrogen (secondary N) is 2. The van der Waals surface area contributed by atoms with Gasteiger partial charge in [0, 0.05) is 24.8 Å². The summed E-state index contributed by atoms with van der Waals surface area (Å²) in [5, 5.41) is 5.30. The second kappa shape index (κ2) is 6.98. The number of amides is 3. The molecule has 1 aromatic carbocycles. The average molecular weight is 342 g/mol. The standard InChI is InChI=1S/C20H26N2O3/c1-13-5-6-16(14(2)9-13)20(7-3-4-8-20)12-21-17(23)10-15-11-18(24)22-19(15)25/h5-6,9,15H,3-4,7-8,10-12H2,1-2H3,(H,21,23)(H,22,24,25). The average Bonchev–Trinajstić information content (AvgIpc) is 3.13. The summed E-state index contributed by atoms with van der Waals surface area (Å²) in [6, 6.07) is 6.54. The summed E-state index contributed by atoms with van der Waals surface area (Å²) >= 11 is 0. The van der Waals surface area contributed by atoms with Gasteiger partial charge in [-0.15, -0.1) is 0 Å². The minimum absolute atomic E-state index is 0.0127. The summed E-state index contributed by atoms with van der Waals surface area (Å²) in [7, 11) is 0. The summed E-state index contributed by atoms with van der Waals surface area (Å²) < 4.78 is 0. The maximum atomic E-state index is 12.3. The van der Waals surface area contributed by atoms with Gasteiger partial charge >= 0.3 is 0 Å². The smallest absolute Gasteiger partial charge is 0.230 e. The number of benzene rings is 1. The van der Waals surface area contributed by atoms with Gasteiger partial charge in [-0.25, -0.2) is 0 Å². The number of aryl methyl sites for hydroxylation is 2. The van der Waals surface area contributed by atoms with Crippen molar-refractivity contribution in [1.82, 2.24) is 10.6 Å². The SMILES string of the molecule is Cc1ccc(C2(CNC(=O)CC3CC(=O)NC3=O)CCCC2)c(C)c1. The highest BCUT2D eigenvalue weighted by Gasteiger charge is 2.38. The third kappa shape index (κ3) is 3.75. The molecule has 2 N–H and O–H groups in total. The predicted octanol–water partition coefficient (Wildman–Crippen LogP) is 2.28. The number of carbonyl (C=O) groups is 3. The molecule has 1 aromatic rings. The number of rotatable bonds is 5. The molecule has 3 amide bonds. The molecule has 3 rings (SSSR count). The van der Waals surface area contributed by atoms with Crippen LogP contribution < -0.4 is 10.6 Å². The van der Waals surface area contributed by atoms with Gasteiger partial charge in [0.25, 0.3) is 0 Å². The van der Waals surface area contributed by atoms with E-state index in [2.05, 4.69) is 42.7 Å². The molecule has 134 valence electrons. The van der Waals surface area contributed by atoms with Crippen LogP contribution in [0.4, 0.5) is 0 Å². The van der Waals surface area contributed by atoms with Gasteiger partial charge in [0.05, 0.1) is 5.92 Å². The summed E-state index contributed by atoms with van der Waals surface area (Å²) in [6.45, 7) is 4.82. The first-order valence-corrected chi connectivity index (χ1v) is 9.08. The van der Waals surface area contributed by atoms with E-state index in [1.54, 1.807) is 0 Å². The third-order valence-corrected chi connectivity index (χ3v) is 5.63. The zero-order valence-corrected chi connectivity index (χ0v) is 15.0. The molecule has 1 saturated carbocycles. The Morgan fingerprint density at radius 2 is 1.96 bits per heavy atom. The lowest BCUT2D eigenvalue weighted by molar-refractivity contribution is -0.129. The van der Waals surface area contributed by atoms with Crippen LogP contribution in [0.2, 0.25) is 0 Å². The molecule has 1 aliphatic heterocycles. The Bertz CT molecular complexity index is 705. The molecule has 1 aliphatic carbocycles. The van der Waals surface area contributed by atoms with Crippen LogP contribution in [0, 0.1) is 19.8 Å². The Morgan fingerprint density at radius 3 is 2.56 bits per heavy atom. The Labute approximate surface area is 148 Å². The minimum atomic E-state index is -0.520. The molecule has 0 bridgehead atoms. The monoisotopic (exact) mass is 342 g/mol. The molecule has 0 radical (unpaired) electrons. The van der Waals surface area contributed by atoms with Crippen molar-refractivity contribution in [3.8, 4) is 0 Å². The van der Waals surface area contributed by atoms with E-state index in [4.69, 9.17) is 0 Å². The summed E-state index contributed by atoms with van der Waals surface area (Å²) in [5.41, 5.74) is 3.83. The van der Waals surface area contributed by atoms with Gasteiger partial charge in [-0.3, -0.25) is 19.7 Å². The molecule has 1 saturated heterocycles. The van der Waals surface area contributed by atoms with Crippen LogP contribution in [0.5, 0.6) is 0 Å². The number of hydrogen-bond acceptors (Lipinski definition) is 3. The lowest BCUT2D eigenvalue weighted by Gasteiger charge is -2.32. The van der Waals surface area contributed by atoms with Crippen LogP contribution in [0.25, 0.3) is 0 Å². The van der Waals surface area contributed by atoms with Crippen molar-refractivity contribution in [1.29, 1.82) is 0 Å². The summed E-state index contributed by atoms with van der Waals surface area (Å²) in [5.74, 6) is -1.28. The first-order chi connectivity index (χ1) is 11.9. The van der Waals surface area contributed by atoms with Crippen LogP contribution in [0.15, 0.2) is 18.2 Å². The second-order valence-corrected chi connectivity index (χ2v) is 7.60. The fourth-order valence-electron chi connectivity index (χ4n) is 4.34. The van der Waals surface area contributed by atoms with Crippen molar-refractivity contribution >= 4 is 17.7 Å². The number of imide groups is 1. The highest BCUT2D eigenvalue weighted by molar-refractivity contribution is 6.04. The first-order valence-electron chi connectivity index (χ1n) is 9.08. The van der Waals surface area contributed by atoms with Crippen LogP contribution >= 0.6 is 0 Å². The molecule has 2 fully saturated rings. The lowest BCUT2D eigenvalue weighted by Crippen LogP contribution is -2.40. The van der Waals surface area contributed by atoms with E-state index in [1.165, 1.54) is 29.5 Å². The molecule has 5 heteroatoms. The van der Waals surface area contributed by atoms with Crippen molar-refractivity contribution < 1.29 is 14.4 Å². The largest absolute Gasteiger partial charge is 0.355 e. The lowest BCUT2D eigenvalue weighted by atomic mass is 9.76. The normalized spacial score (nSPS) is 22.1. The Hall–Kier alpha value is -2.17. The van der Waals surface area contributed by atoms with Crippen molar-refractivity contribution in [3.05, 3.63) is 34.9 Å². The molecule has 1 unspecified atom stereocenters. The van der Waals surface area contributed by atoms with E-state index in [-0.39, 0.29) is 36.0 Å². The molecule has 5 nitrogen and oxygen atoms in total. The molecule has 1 atom stereocenters. The zero-order valence-electron chi connectivity index (χ0n) is 15.0. The van der Waals surface area contributed by atoms with Gasteiger partial charge in [0.15, 0.2) is 0 Å². The Kier molecular flexibility index (Phi) is 4.93. The van der Waals surface area contributed by atoms with Gasteiger partial charge in [-0.2, -0.15) is 0 Å². The van der Waals surface area contributed by atoms with E-state index >= 15 is 0 Å². The molecule has 2 aliphatic rings. The Balaban J connectivity index is 1.67. The molecule has 1 heterocycles. The minimum Gasteiger partial charge on any atom is -0.355 e. The Morgan fingerprint density at radius 1 is 1.24 bits per heavy atom. The maximum absolute atomic E-state index is 12.3. The molecular formula is C20H26N2O3. The third-order valence-electron chi connectivity index (χ3n) is 5.63. The van der Waals surface area contributed by atoms with Crippen molar-refractivity contribution in [2.75, 3.05) is 6.54 Å². The predicted molar refractivity (Wildman–Crippen MR) is 94.9 cm³/mol. The van der Waals surface area contributed by atoms with Crippen LogP contribution in [0.1, 0.15) is 55.2 Å². The molecule has 0 spiro atoms. The quantitative estimate of drug-likeness (QED) is 0.806. The topological polar surface area (TPSA) is 75.3 Å². The van der Waals surface area contributed by atoms with Gasteiger partial charge in [-0.1, -0.05) is 36.6 Å². The van der Waals surface area contributed by atoms with Gasteiger partial charge < -0.3 is 5.32 Å². The van der Waals surface area contributed by atoms with Gasteiger partial charge in [0.1, 0.15) is 0 Å². The number of carbonyl (C=O) groups excluding carboxylic acids is 3. The summed E-state index contributed by atoms with van der Waals surface area (Å²) in [4.78, 5) is 35.2. The molecule has 0 aromatic heterocycles. The van der Waals surface area contributed by atoms with E-state index in [1.807, 2.05) is 0 Å². The maximum Gasteiger partial charge on any atom is 0.230 e. The van der Waals surface area contributed by atoms with Gasteiger partial charge in [-0.05, 0) is 37.8 Å². The fraction of sp³-hybridized carbons (Fsp3) is 0.550. The fourth-order valence-corrected chi connectivity index (χ4v) is 4.34. The highest BCUT2D eigenvalue weighted by atomic mass is 16.2. The zero-order chi connectivity index (χ0) is 18.0. The summed E-state index contributed by atoms with van der Waals surface area (Å²) in [6.07, 6.45) is 4.68. The van der Waals surface area contributed by atoms with Crippen molar-refractivity contribution in [2.45, 2.75) is 57.8 Å². The van der Waals surface area contributed by atoms with E-state index < -0.39 is 5.92 Å². The number of hydrogen-bond donors (Lipinski definition) is 2. The van der Waals surface area contributed by atoms with Crippen LogP contribution in [-0.4, -0.2) is 24.3 Å². The first kappa shape index (κ1) is 17.6.